The highest BCUT2D eigenvalue weighted by Gasteiger charge is 2.06. The van der Waals surface area contributed by atoms with Gasteiger partial charge in [0.25, 0.3) is 0 Å². The molecule has 0 saturated carbocycles. The second-order valence-corrected chi connectivity index (χ2v) is 4.85. The van der Waals surface area contributed by atoms with E-state index in [0.29, 0.717) is 0 Å². The minimum absolute atomic E-state index is 0.217. The lowest BCUT2D eigenvalue weighted by molar-refractivity contribution is 0.829. The van der Waals surface area contributed by atoms with Gasteiger partial charge in [0.05, 0.1) is 0 Å². The Bertz CT molecular complexity index is 513. The van der Waals surface area contributed by atoms with Crippen LogP contribution in [0.5, 0.6) is 0 Å². The molecule has 0 spiro atoms. The maximum Gasteiger partial charge on any atom is 0.131 e. The van der Waals surface area contributed by atoms with E-state index >= 15 is 0 Å². The molecule has 0 saturated heterocycles. The minimum atomic E-state index is 0.217. The molecular formula is C16H22N4. The Kier molecular flexibility index (Phi) is 5.35. The van der Waals surface area contributed by atoms with Crippen LogP contribution in [0, 0.1) is 0 Å². The summed E-state index contributed by atoms with van der Waals surface area (Å²) in [5.74, 6) is 1.71. The quantitative estimate of drug-likeness (QED) is 0.750. The van der Waals surface area contributed by atoms with E-state index in [1.165, 1.54) is 12.0 Å². The summed E-state index contributed by atoms with van der Waals surface area (Å²) >= 11 is 0. The van der Waals surface area contributed by atoms with Crippen LogP contribution in [0.1, 0.15) is 38.3 Å². The Morgan fingerprint density at radius 1 is 1.10 bits per heavy atom. The van der Waals surface area contributed by atoms with Crippen molar-refractivity contribution in [3.8, 4) is 0 Å². The van der Waals surface area contributed by atoms with Crippen molar-refractivity contribution in [2.24, 2.45) is 0 Å². The summed E-state index contributed by atoms with van der Waals surface area (Å²) in [5, 5.41) is 6.71. The molecule has 0 bridgehead atoms. The van der Waals surface area contributed by atoms with Gasteiger partial charge >= 0.3 is 0 Å². The van der Waals surface area contributed by atoms with Crippen LogP contribution in [-0.2, 0) is 0 Å². The molecule has 0 aliphatic carbocycles. The van der Waals surface area contributed by atoms with Crippen molar-refractivity contribution in [1.29, 1.82) is 0 Å². The fraction of sp³-hybridized carbons (Fsp3) is 0.375. The Hall–Kier alpha value is -2.10. The zero-order valence-corrected chi connectivity index (χ0v) is 12.1. The third-order valence-electron chi connectivity index (χ3n) is 3.17. The molecule has 0 aliphatic heterocycles. The van der Waals surface area contributed by atoms with Gasteiger partial charge in [0.1, 0.15) is 18.0 Å². The summed E-state index contributed by atoms with van der Waals surface area (Å²) in [4.78, 5) is 8.50. The molecule has 2 N–H and O–H groups in total. The number of nitrogens with zero attached hydrogens (tertiary/aromatic N) is 2. The average molecular weight is 270 g/mol. The summed E-state index contributed by atoms with van der Waals surface area (Å²) in [6, 6.07) is 12.5. The van der Waals surface area contributed by atoms with Gasteiger partial charge in [0.2, 0.25) is 0 Å². The minimum Gasteiger partial charge on any atom is -0.370 e. The summed E-state index contributed by atoms with van der Waals surface area (Å²) in [7, 11) is 0. The van der Waals surface area contributed by atoms with E-state index in [1.54, 1.807) is 6.33 Å². The summed E-state index contributed by atoms with van der Waals surface area (Å²) in [5.41, 5.74) is 1.24. The van der Waals surface area contributed by atoms with Gasteiger partial charge in [-0.3, -0.25) is 0 Å². The molecule has 0 aliphatic rings. The molecule has 0 fully saturated rings. The van der Waals surface area contributed by atoms with E-state index in [0.717, 1.165) is 24.6 Å². The smallest absolute Gasteiger partial charge is 0.131 e. The van der Waals surface area contributed by atoms with Crippen LogP contribution >= 0.6 is 0 Å². The molecule has 1 atom stereocenters. The van der Waals surface area contributed by atoms with Crippen LogP contribution in [0.15, 0.2) is 42.7 Å². The van der Waals surface area contributed by atoms with E-state index in [1.807, 2.05) is 24.3 Å². The molecule has 1 aromatic heterocycles. The van der Waals surface area contributed by atoms with E-state index in [4.69, 9.17) is 0 Å². The SMILES string of the molecule is CCCCNc1cc(NC(C)c2ccccc2)ncn1. The number of nitrogens with one attached hydrogen (secondary N) is 2. The Labute approximate surface area is 120 Å². The van der Waals surface area contributed by atoms with E-state index in [9.17, 15) is 0 Å². The first kappa shape index (κ1) is 14.3. The lowest BCUT2D eigenvalue weighted by Crippen LogP contribution is -2.09. The van der Waals surface area contributed by atoms with Gasteiger partial charge in [-0.25, -0.2) is 9.97 Å². The van der Waals surface area contributed by atoms with Crippen molar-refractivity contribution in [3.05, 3.63) is 48.3 Å². The molecule has 1 unspecified atom stereocenters. The summed E-state index contributed by atoms with van der Waals surface area (Å²) in [6.07, 6.45) is 3.91. The fourth-order valence-corrected chi connectivity index (χ4v) is 1.97. The van der Waals surface area contributed by atoms with Crippen molar-refractivity contribution in [3.63, 3.8) is 0 Å². The largest absolute Gasteiger partial charge is 0.370 e. The van der Waals surface area contributed by atoms with Crippen molar-refractivity contribution in [1.82, 2.24) is 9.97 Å². The maximum absolute atomic E-state index is 4.27. The van der Waals surface area contributed by atoms with Crippen LogP contribution in [0.3, 0.4) is 0 Å². The maximum atomic E-state index is 4.27. The van der Waals surface area contributed by atoms with Gasteiger partial charge in [-0.1, -0.05) is 43.7 Å². The van der Waals surface area contributed by atoms with Gasteiger partial charge < -0.3 is 10.6 Å². The highest BCUT2D eigenvalue weighted by molar-refractivity contribution is 5.47. The average Bonchev–Trinajstić information content (AvgIpc) is 2.49. The van der Waals surface area contributed by atoms with Gasteiger partial charge in [-0.2, -0.15) is 0 Å². The van der Waals surface area contributed by atoms with Gasteiger partial charge in [0, 0.05) is 18.7 Å². The van der Waals surface area contributed by atoms with Gasteiger partial charge in [-0.05, 0) is 18.9 Å². The first-order chi connectivity index (χ1) is 9.79. The van der Waals surface area contributed by atoms with Gasteiger partial charge in [-0.15, -0.1) is 0 Å². The Morgan fingerprint density at radius 2 is 1.85 bits per heavy atom. The second-order valence-electron chi connectivity index (χ2n) is 4.85. The van der Waals surface area contributed by atoms with Crippen LogP contribution < -0.4 is 10.6 Å². The predicted molar refractivity (Wildman–Crippen MR) is 83.9 cm³/mol. The van der Waals surface area contributed by atoms with Crippen molar-refractivity contribution in [2.45, 2.75) is 32.7 Å². The van der Waals surface area contributed by atoms with E-state index < -0.39 is 0 Å². The Balaban J connectivity index is 1.97. The van der Waals surface area contributed by atoms with E-state index in [2.05, 4.69) is 46.6 Å². The molecular weight excluding hydrogens is 248 g/mol. The lowest BCUT2D eigenvalue weighted by Gasteiger charge is -2.15. The molecule has 4 nitrogen and oxygen atoms in total. The monoisotopic (exact) mass is 270 g/mol. The molecule has 106 valence electrons. The molecule has 2 aromatic rings. The van der Waals surface area contributed by atoms with Crippen LogP contribution in [0.25, 0.3) is 0 Å². The second kappa shape index (κ2) is 7.48. The van der Waals surface area contributed by atoms with Crippen LogP contribution in [0.2, 0.25) is 0 Å². The van der Waals surface area contributed by atoms with Crippen molar-refractivity contribution in [2.75, 3.05) is 17.2 Å². The number of unbranched alkanes of at least 4 members (excludes halogenated alkanes) is 1. The third-order valence-corrected chi connectivity index (χ3v) is 3.17. The zero-order chi connectivity index (χ0) is 14.2. The molecule has 0 radical (unpaired) electrons. The van der Waals surface area contributed by atoms with Crippen LogP contribution in [-0.4, -0.2) is 16.5 Å². The number of anilines is 2. The number of aromatic nitrogens is 2. The lowest BCUT2D eigenvalue weighted by atomic mass is 10.1. The Morgan fingerprint density at radius 3 is 2.60 bits per heavy atom. The van der Waals surface area contributed by atoms with E-state index in [-0.39, 0.29) is 6.04 Å². The number of hydrogen-bond donors (Lipinski definition) is 2. The first-order valence-electron chi connectivity index (χ1n) is 7.17. The number of hydrogen-bond acceptors (Lipinski definition) is 4. The molecule has 1 heterocycles. The topological polar surface area (TPSA) is 49.8 Å². The van der Waals surface area contributed by atoms with Crippen LogP contribution in [0.4, 0.5) is 11.6 Å². The molecule has 1 aromatic carbocycles. The third kappa shape index (κ3) is 4.23. The summed E-state index contributed by atoms with van der Waals surface area (Å²) in [6.45, 7) is 5.25. The van der Waals surface area contributed by atoms with Gasteiger partial charge in [0.15, 0.2) is 0 Å². The number of benzene rings is 1. The zero-order valence-electron chi connectivity index (χ0n) is 12.1. The molecule has 0 amide bonds. The van der Waals surface area contributed by atoms with Crippen molar-refractivity contribution >= 4 is 11.6 Å². The van der Waals surface area contributed by atoms with Crippen molar-refractivity contribution < 1.29 is 0 Å². The fourth-order valence-electron chi connectivity index (χ4n) is 1.97. The first-order valence-corrected chi connectivity index (χ1v) is 7.17. The number of rotatable bonds is 7. The molecule has 20 heavy (non-hydrogen) atoms. The summed E-state index contributed by atoms with van der Waals surface area (Å²) < 4.78 is 0. The normalized spacial score (nSPS) is 11.9. The molecule has 4 heteroatoms. The molecule has 2 rings (SSSR count). The highest BCUT2D eigenvalue weighted by Crippen LogP contribution is 2.18. The highest BCUT2D eigenvalue weighted by atomic mass is 15.1. The standard InChI is InChI=1S/C16H22N4/c1-3-4-10-17-15-11-16(19-12-18-15)20-13(2)14-8-6-5-7-9-14/h5-9,11-13H,3-4,10H2,1-2H3,(H2,17,18,19,20). The predicted octanol–water partition coefficient (Wildman–Crippen LogP) is 3.86.